The molecule has 1 saturated carbocycles. The number of amides is 2. The maximum absolute atomic E-state index is 12.5. The summed E-state index contributed by atoms with van der Waals surface area (Å²) in [5.74, 6) is 0.905. The molecule has 2 heterocycles. The molecule has 6 heteroatoms. The summed E-state index contributed by atoms with van der Waals surface area (Å²) in [6.45, 7) is 2.30. The average molecular weight is 347 g/mol. The van der Waals surface area contributed by atoms with Gasteiger partial charge in [0, 0.05) is 12.6 Å². The van der Waals surface area contributed by atoms with Gasteiger partial charge in [0.15, 0.2) is 0 Å². The Morgan fingerprint density at radius 2 is 2.00 bits per heavy atom. The van der Waals surface area contributed by atoms with Crippen molar-refractivity contribution in [2.45, 2.75) is 57.5 Å². The number of rotatable bonds is 6. The summed E-state index contributed by atoms with van der Waals surface area (Å²) in [6.07, 6.45) is 9.43. The van der Waals surface area contributed by atoms with Crippen molar-refractivity contribution in [2.75, 3.05) is 19.6 Å². The highest BCUT2D eigenvalue weighted by atomic mass is 16.3. The van der Waals surface area contributed by atoms with E-state index in [0.29, 0.717) is 25.7 Å². The molecule has 2 fully saturated rings. The van der Waals surface area contributed by atoms with Gasteiger partial charge in [0.05, 0.1) is 25.3 Å². The van der Waals surface area contributed by atoms with Gasteiger partial charge in [-0.15, -0.1) is 0 Å². The van der Waals surface area contributed by atoms with Crippen molar-refractivity contribution < 1.29 is 14.0 Å². The van der Waals surface area contributed by atoms with Crippen LogP contribution in [0, 0.1) is 5.92 Å². The lowest BCUT2D eigenvalue weighted by molar-refractivity contribution is -0.129. The van der Waals surface area contributed by atoms with Gasteiger partial charge in [0.1, 0.15) is 5.76 Å². The maximum Gasteiger partial charge on any atom is 0.234 e. The van der Waals surface area contributed by atoms with E-state index in [9.17, 15) is 9.59 Å². The first kappa shape index (κ1) is 18.0. The van der Waals surface area contributed by atoms with Gasteiger partial charge in [0.2, 0.25) is 11.8 Å². The van der Waals surface area contributed by atoms with Crippen LogP contribution in [0.1, 0.15) is 50.7 Å². The molecule has 0 bridgehead atoms. The molecule has 1 aliphatic carbocycles. The SMILES string of the molecule is O=C(CN1CCC[C@H](C(=O)NC2CCCCC2)C1)NCc1ccco1. The van der Waals surface area contributed by atoms with Crippen molar-refractivity contribution in [2.24, 2.45) is 5.92 Å². The van der Waals surface area contributed by atoms with Crippen LogP contribution in [0.3, 0.4) is 0 Å². The zero-order valence-electron chi connectivity index (χ0n) is 14.8. The van der Waals surface area contributed by atoms with Crippen LogP contribution in [0.2, 0.25) is 0 Å². The van der Waals surface area contributed by atoms with E-state index in [0.717, 1.165) is 38.0 Å². The molecule has 25 heavy (non-hydrogen) atoms. The molecule has 2 N–H and O–H groups in total. The zero-order valence-corrected chi connectivity index (χ0v) is 14.8. The van der Waals surface area contributed by atoms with Gasteiger partial charge in [-0.25, -0.2) is 0 Å². The van der Waals surface area contributed by atoms with Crippen LogP contribution in [0.25, 0.3) is 0 Å². The molecule has 0 aromatic carbocycles. The first-order valence-corrected chi connectivity index (χ1v) is 9.52. The van der Waals surface area contributed by atoms with Crippen molar-refractivity contribution in [3.05, 3.63) is 24.2 Å². The summed E-state index contributed by atoms with van der Waals surface area (Å²) in [7, 11) is 0. The Morgan fingerprint density at radius 3 is 2.76 bits per heavy atom. The number of hydrogen-bond acceptors (Lipinski definition) is 4. The van der Waals surface area contributed by atoms with Crippen LogP contribution in [-0.2, 0) is 16.1 Å². The molecule has 0 spiro atoms. The van der Waals surface area contributed by atoms with Gasteiger partial charge in [-0.3, -0.25) is 14.5 Å². The number of likely N-dealkylation sites (tertiary alicyclic amines) is 1. The summed E-state index contributed by atoms with van der Waals surface area (Å²) >= 11 is 0. The van der Waals surface area contributed by atoms with E-state index in [2.05, 4.69) is 15.5 Å². The Bertz CT molecular complexity index is 552. The fourth-order valence-corrected chi connectivity index (χ4v) is 3.84. The van der Waals surface area contributed by atoms with Crippen LogP contribution < -0.4 is 10.6 Å². The fourth-order valence-electron chi connectivity index (χ4n) is 3.84. The largest absolute Gasteiger partial charge is 0.467 e. The van der Waals surface area contributed by atoms with Crippen molar-refractivity contribution >= 4 is 11.8 Å². The third kappa shape index (κ3) is 5.59. The summed E-state index contributed by atoms with van der Waals surface area (Å²) in [5, 5.41) is 6.09. The van der Waals surface area contributed by atoms with Gasteiger partial charge in [0.25, 0.3) is 0 Å². The molecule has 1 aromatic heterocycles. The standard InChI is InChI=1S/C19H29N3O3/c23-18(20-12-17-9-5-11-25-17)14-22-10-4-6-15(13-22)19(24)21-16-7-2-1-3-8-16/h5,9,11,15-16H,1-4,6-8,10,12-14H2,(H,20,23)(H,21,24)/t15-/m0/s1. The van der Waals surface area contributed by atoms with Crippen molar-refractivity contribution in [1.29, 1.82) is 0 Å². The fraction of sp³-hybridized carbons (Fsp3) is 0.684. The third-order valence-corrected chi connectivity index (χ3v) is 5.23. The number of piperidine rings is 1. The number of nitrogens with one attached hydrogen (secondary N) is 2. The van der Waals surface area contributed by atoms with Gasteiger partial charge in [-0.1, -0.05) is 19.3 Å². The summed E-state index contributed by atoms with van der Waals surface area (Å²) in [5.41, 5.74) is 0. The van der Waals surface area contributed by atoms with Gasteiger partial charge >= 0.3 is 0 Å². The predicted octanol–water partition coefficient (Wildman–Crippen LogP) is 2.06. The second-order valence-corrected chi connectivity index (χ2v) is 7.27. The molecule has 3 rings (SSSR count). The minimum Gasteiger partial charge on any atom is -0.467 e. The quantitative estimate of drug-likeness (QED) is 0.826. The molecule has 6 nitrogen and oxygen atoms in total. The molecule has 0 radical (unpaired) electrons. The molecule has 2 amide bonds. The highest BCUT2D eigenvalue weighted by Crippen LogP contribution is 2.20. The number of hydrogen-bond donors (Lipinski definition) is 2. The van der Waals surface area contributed by atoms with Crippen molar-refractivity contribution in [1.82, 2.24) is 15.5 Å². The van der Waals surface area contributed by atoms with Gasteiger partial charge in [-0.05, 0) is 44.4 Å². The Hall–Kier alpha value is -1.82. The van der Waals surface area contributed by atoms with E-state index in [1.165, 1.54) is 19.3 Å². The highest BCUT2D eigenvalue weighted by Gasteiger charge is 2.28. The first-order chi connectivity index (χ1) is 12.2. The molecule has 1 aromatic rings. The van der Waals surface area contributed by atoms with Crippen LogP contribution in [0.15, 0.2) is 22.8 Å². The van der Waals surface area contributed by atoms with Crippen molar-refractivity contribution in [3.63, 3.8) is 0 Å². The summed E-state index contributed by atoms with van der Waals surface area (Å²) in [6, 6.07) is 4.00. The highest BCUT2D eigenvalue weighted by molar-refractivity contribution is 5.80. The maximum atomic E-state index is 12.5. The van der Waals surface area contributed by atoms with E-state index in [4.69, 9.17) is 4.42 Å². The minimum atomic E-state index is -0.0234. The van der Waals surface area contributed by atoms with E-state index >= 15 is 0 Å². The van der Waals surface area contributed by atoms with Crippen LogP contribution in [-0.4, -0.2) is 42.4 Å². The van der Waals surface area contributed by atoms with E-state index < -0.39 is 0 Å². The topological polar surface area (TPSA) is 74.6 Å². The van der Waals surface area contributed by atoms with Crippen LogP contribution in [0.4, 0.5) is 0 Å². The van der Waals surface area contributed by atoms with E-state index in [1.807, 2.05) is 12.1 Å². The molecule has 2 aliphatic rings. The predicted molar refractivity (Wildman–Crippen MR) is 94.7 cm³/mol. The number of carbonyl (C=O) groups is 2. The van der Waals surface area contributed by atoms with E-state index in [1.54, 1.807) is 6.26 Å². The normalized spacial score (nSPS) is 22.5. The number of nitrogens with zero attached hydrogens (tertiary/aromatic N) is 1. The Balaban J connectivity index is 1.40. The minimum absolute atomic E-state index is 0.00792. The third-order valence-electron chi connectivity index (χ3n) is 5.23. The molecular weight excluding hydrogens is 318 g/mol. The monoisotopic (exact) mass is 347 g/mol. The smallest absolute Gasteiger partial charge is 0.234 e. The second-order valence-electron chi connectivity index (χ2n) is 7.27. The number of carbonyl (C=O) groups excluding carboxylic acids is 2. The molecule has 1 aliphatic heterocycles. The number of furan rings is 1. The molecule has 1 atom stereocenters. The second kappa shape index (κ2) is 9.04. The summed E-state index contributed by atoms with van der Waals surface area (Å²) < 4.78 is 5.21. The molecule has 1 saturated heterocycles. The van der Waals surface area contributed by atoms with Crippen LogP contribution >= 0.6 is 0 Å². The first-order valence-electron chi connectivity index (χ1n) is 9.52. The molecule has 138 valence electrons. The lowest BCUT2D eigenvalue weighted by atomic mass is 9.93. The van der Waals surface area contributed by atoms with Gasteiger partial charge in [-0.2, -0.15) is 0 Å². The molecule has 0 unspecified atom stereocenters. The zero-order chi connectivity index (χ0) is 17.5. The van der Waals surface area contributed by atoms with E-state index in [-0.39, 0.29) is 17.7 Å². The van der Waals surface area contributed by atoms with Gasteiger partial charge < -0.3 is 15.1 Å². The average Bonchev–Trinajstić information content (AvgIpc) is 3.15. The Morgan fingerprint density at radius 1 is 1.16 bits per heavy atom. The Labute approximate surface area is 149 Å². The lowest BCUT2D eigenvalue weighted by Gasteiger charge is -2.33. The van der Waals surface area contributed by atoms with Crippen molar-refractivity contribution in [3.8, 4) is 0 Å². The summed E-state index contributed by atoms with van der Waals surface area (Å²) in [4.78, 5) is 26.7. The Kier molecular flexibility index (Phi) is 6.50. The lowest BCUT2D eigenvalue weighted by Crippen LogP contribution is -2.48. The molecular formula is C19H29N3O3. The van der Waals surface area contributed by atoms with Crippen LogP contribution in [0.5, 0.6) is 0 Å².